The second-order valence-corrected chi connectivity index (χ2v) is 4.96. The molecule has 1 aliphatic rings. The lowest BCUT2D eigenvalue weighted by Gasteiger charge is -2.19. The lowest BCUT2D eigenvalue weighted by Crippen LogP contribution is -2.24. The Morgan fingerprint density at radius 3 is 2.61 bits per heavy atom. The van der Waals surface area contributed by atoms with Crippen molar-refractivity contribution in [2.45, 2.75) is 32.7 Å². The van der Waals surface area contributed by atoms with Gasteiger partial charge in [-0.1, -0.05) is 13.8 Å². The van der Waals surface area contributed by atoms with E-state index in [1.165, 1.54) is 13.5 Å². The quantitative estimate of drug-likeness (QED) is 0.831. The Balaban J connectivity index is 2.00. The Labute approximate surface area is 107 Å². The maximum atomic E-state index is 11.2. The van der Waals surface area contributed by atoms with Gasteiger partial charge in [-0.3, -0.25) is 0 Å². The summed E-state index contributed by atoms with van der Waals surface area (Å²) in [7, 11) is 1.33. The van der Waals surface area contributed by atoms with Crippen molar-refractivity contribution in [2.75, 3.05) is 12.4 Å². The third kappa shape index (κ3) is 2.60. The van der Waals surface area contributed by atoms with Gasteiger partial charge >= 0.3 is 5.97 Å². The van der Waals surface area contributed by atoms with Crippen LogP contribution < -0.4 is 5.32 Å². The molecule has 1 aliphatic carbocycles. The molecule has 18 heavy (non-hydrogen) atoms. The van der Waals surface area contributed by atoms with Crippen molar-refractivity contribution in [3.05, 3.63) is 17.8 Å². The summed E-state index contributed by atoms with van der Waals surface area (Å²) in [4.78, 5) is 11.2. The average molecular weight is 249 g/mol. The summed E-state index contributed by atoms with van der Waals surface area (Å²) < 4.78 is 4.58. The lowest BCUT2D eigenvalue weighted by atomic mass is 9.98. The van der Waals surface area contributed by atoms with Gasteiger partial charge in [-0.05, 0) is 36.8 Å². The summed E-state index contributed by atoms with van der Waals surface area (Å²) in [5.74, 6) is 1.63. The van der Waals surface area contributed by atoms with Crippen molar-refractivity contribution in [3.63, 3.8) is 0 Å². The Hall–Kier alpha value is -1.65. The molecule has 98 valence electrons. The molecule has 0 saturated heterocycles. The van der Waals surface area contributed by atoms with Gasteiger partial charge in [0.15, 0.2) is 5.69 Å². The maximum absolute atomic E-state index is 11.2. The van der Waals surface area contributed by atoms with E-state index in [1.54, 1.807) is 12.1 Å². The van der Waals surface area contributed by atoms with Gasteiger partial charge < -0.3 is 10.1 Å². The van der Waals surface area contributed by atoms with Crippen molar-refractivity contribution >= 4 is 11.8 Å². The first-order valence-electron chi connectivity index (χ1n) is 6.30. The highest BCUT2D eigenvalue weighted by molar-refractivity contribution is 5.86. The smallest absolute Gasteiger partial charge is 0.358 e. The number of carbonyl (C=O) groups is 1. The highest BCUT2D eigenvalue weighted by atomic mass is 16.5. The number of hydrogen-bond donors (Lipinski definition) is 1. The van der Waals surface area contributed by atoms with Gasteiger partial charge in [0.2, 0.25) is 0 Å². The molecule has 1 aromatic heterocycles. The van der Waals surface area contributed by atoms with Crippen LogP contribution in [-0.4, -0.2) is 29.3 Å². The second-order valence-electron chi connectivity index (χ2n) is 4.96. The molecule has 0 radical (unpaired) electrons. The third-order valence-electron chi connectivity index (χ3n) is 3.86. The molecule has 1 saturated carbocycles. The van der Waals surface area contributed by atoms with Gasteiger partial charge in [0.05, 0.1) is 7.11 Å². The largest absolute Gasteiger partial charge is 0.464 e. The molecule has 0 amide bonds. The SMILES string of the molecule is COC(=O)c1ccc(NC2CCC(C)C2C)nn1. The van der Waals surface area contributed by atoms with Gasteiger partial charge in [0.1, 0.15) is 5.82 Å². The molecule has 0 aliphatic heterocycles. The molecule has 0 bridgehead atoms. The second kappa shape index (κ2) is 5.33. The van der Waals surface area contributed by atoms with Crippen LogP contribution in [-0.2, 0) is 4.74 Å². The summed E-state index contributed by atoms with van der Waals surface area (Å²) in [5.41, 5.74) is 0.232. The fourth-order valence-electron chi connectivity index (χ4n) is 2.38. The van der Waals surface area contributed by atoms with E-state index >= 15 is 0 Å². The fraction of sp³-hybridized carbons (Fsp3) is 0.615. The number of hydrogen-bond acceptors (Lipinski definition) is 5. The van der Waals surface area contributed by atoms with Gasteiger partial charge in [-0.25, -0.2) is 4.79 Å². The molecular weight excluding hydrogens is 230 g/mol. The van der Waals surface area contributed by atoms with Crippen molar-refractivity contribution in [3.8, 4) is 0 Å². The summed E-state index contributed by atoms with van der Waals surface area (Å²) in [5, 5.41) is 11.2. The maximum Gasteiger partial charge on any atom is 0.358 e. The molecule has 1 aromatic rings. The van der Waals surface area contributed by atoms with E-state index in [-0.39, 0.29) is 5.69 Å². The van der Waals surface area contributed by atoms with Crippen LogP contribution in [0.4, 0.5) is 5.82 Å². The Morgan fingerprint density at radius 1 is 1.33 bits per heavy atom. The highest BCUT2D eigenvalue weighted by Crippen LogP contribution is 2.32. The molecule has 2 rings (SSSR count). The van der Waals surface area contributed by atoms with Crippen molar-refractivity contribution < 1.29 is 9.53 Å². The van der Waals surface area contributed by atoms with Crippen molar-refractivity contribution in [1.29, 1.82) is 0 Å². The topological polar surface area (TPSA) is 64.1 Å². The number of esters is 1. The van der Waals surface area contributed by atoms with Crippen LogP contribution in [0.5, 0.6) is 0 Å². The van der Waals surface area contributed by atoms with E-state index in [4.69, 9.17) is 0 Å². The van der Waals surface area contributed by atoms with E-state index in [0.717, 1.165) is 12.3 Å². The molecule has 0 aromatic carbocycles. The number of methoxy groups -OCH3 is 1. The molecule has 0 spiro atoms. The van der Waals surface area contributed by atoms with Gasteiger partial charge in [-0.15, -0.1) is 10.2 Å². The predicted molar refractivity (Wildman–Crippen MR) is 68.3 cm³/mol. The van der Waals surface area contributed by atoms with Crippen molar-refractivity contribution in [2.24, 2.45) is 11.8 Å². The normalized spacial score (nSPS) is 26.9. The van der Waals surface area contributed by atoms with Crippen LogP contribution in [0.25, 0.3) is 0 Å². The minimum atomic E-state index is -0.461. The standard InChI is InChI=1S/C13H19N3O2/c1-8-4-5-10(9(8)2)14-12-7-6-11(15-16-12)13(17)18-3/h6-10H,4-5H2,1-3H3,(H,14,16). The zero-order valence-electron chi connectivity index (χ0n) is 11.0. The Kier molecular flexibility index (Phi) is 3.79. The summed E-state index contributed by atoms with van der Waals surface area (Å²) in [6, 6.07) is 3.84. The fourth-order valence-corrected chi connectivity index (χ4v) is 2.38. The monoisotopic (exact) mass is 249 g/mol. The molecule has 5 heteroatoms. The molecule has 1 N–H and O–H groups in total. The summed E-state index contributed by atoms with van der Waals surface area (Å²) in [6.07, 6.45) is 2.40. The number of aromatic nitrogens is 2. The number of nitrogens with one attached hydrogen (secondary N) is 1. The molecule has 1 heterocycles. The predicted octanol–water partition coefficient (Wildman–Crippen LogP) is 2.11. The van der Waals surface area contributed by atoms with E-state index in [9.17, 15) is 4.79 Å². The van der Waals surface area contributed by atoms with E-state index in [2.05, 4.69) is 34.1 Å². The number of rotatable bonds is 3. The zero-order chi connectivity index (χ0) is 13.1. The zero-order valence-corrected chi connectivity index (χ0v) is 11.0. The first-order chi connectivity index (χ1) is 8.61. The number of carbonyl (C=O) groups excluding carboxylic acids is 1. The number of ether oxygens (including phenoxy) is 1. The first kappa shape index (κ1) is 12.8. The molecule has 1 fully saturated rings. The van der Waals surface area contributed by atoms with Crippen LogP contribution in [0.1, 0.15) is 37.2 Å². The Bertz CT molecular complexity index is 419. The van der Waals surface area contributed by atoms with Gasteiger partial charge in [0.25, 0.3) is 0 Å². The van der Waals surface area contributed by atoms with Crippen LogP contribution in [0.15, 0.2) is 12.1 Å². The van der Waals surface area contributed by atoms with Crippen LogP contribution in [0.2, 0.25) is 0 Å². The molecule has 5 nitrogen and oxygen atoms in total. The Morgan fingerprint density at radius 2 is 2.11 bits per heavy atom. The van der Waals surface area contributed by atoms with E-state index < -0.39 is 5.97 Å². The van der Waals surface area contributed by atoms with E-state index in [0.29, 0.717) is 17.8 Å². The summed E-state index contributed by atoms with van der Waals surface area (Å²) in [6.45, 7) is 4.53. The molecular formula is C13H19N3O2. The first-order valence-corrected chi connectivity index (χ1v) is 6.30. The summed E-state index contributed by atoms with van der Waals surface area (Å²) >= 11 is 0. The molecule has 3 atom stereocenters. The van der Waals surface area contributed by atoms with Crippen LogP contribution in [0, 0.1) is 11.8 Å². The number of nitrogens with zero attached hydrogens (tertiary/aromatic N) is 2. The van der Waals surface area contributed by atoms with Gasteiger partial charge in [-0.2, -0.15) is 0 Å². The minimum absolute atomic E-state index is 0.232. The van der Waals surface area contributed by atoms with E-state index in [1.807, 2.05) is 0 Å². The third-order valence-corrected chi connectivity index (χ3v) is 3.86. The van der Waals surface area contributed by atoms with Crippen LogP contribution in [0.3, 0.4) is 0 Å². The van der Waals surface area contributed by atoms with Crippen LogP contribution >= 0.6 is 0 Å². The highest BCUT2D eigenvalue weighted by Gasteiger charge is 2.29. The minimum Gasteiger partial charge on any atom is -0.464 e. The lowest BCUT2D eigenvalue weighted by molar-refractivity contribution is 0.0593. The van der Waals surface area contributed by atoms with Gasteiger partial charge in [0, 0.05) is 6.04 Å². The number of anilines is 1. The molecule has 3 unspecified atom stereocenters. The average Bonchev–Trinajstić information content (AvgIpc) is 2.71. The van der Waals surface area contributed by atoms with Crippen molar-refractivity contribution in [1.82, 2.24) is 10.2 Å².